The van der Waals surface area contributed by atoms with Gasteiger partial charge in [-0.3, -0.25) is 4.79 Å². The SMILES string of the molecule is C=CCOc1ccc(C=N/N=C2/NC(=O)C(C)S2)cc1. The zero-order valence-corrected chi connectivity index (χ0v) is 11.9. The van der Waals surface area contributed by atoms with Gasteiger partial charge in [0.05, 0.1) is 11.5 Å². The first-order chi connectivity index (χ1) is 9.69. The van der Waals surface area contributed by atoms with Gasteiger partial charge in [0, 0.05) is 0 Å². The second-order valence-corrected chi connectivity index (χ2v) is 5.40. The average molecular weight is 289 g/mol. The summed E-state index contributed by atoms with van der Waals surface area (Å²) in [4.78, 5) is 11.3. The van der Waals surface area contributed by atoms with Gasteiger partial charge in [-0.05, 0) is 36.8 Å². The van der Waals surface area contributed by atoms with Crippen LogP contribution in [0.1, 0.15) is 12.5 Å². The molecule has 6 heteroatoms. The molecule has 0 spiro atoms. The molecule has 1 aromatic carbocycles. The Morgan fingerprint density at radius 1 is 1.45 bits per heavy atom. The van der Waals surface area contributed by atoms with Crippen molar-refractivity contribution in [3.8, 4) is 5.75 Å². The van der Waals surface area contributed by atoms with Crippen molar-refractivity contribution >= 4 is 29.1 Å². The van der Waals surface area contributed by atoms with Gasteiger partial charge in [0.1, 0.15) is 12.4 Å². The first-order valence-electron chi connectivity index (χ1n) is 6.11. The van der Waals surface area contributed by atoms with Crippen LogP contribution in [0.3, 0.4) is 0 Å². The van der Waals surface area contributed by atoms with Gasteiger partial charge in [-0.1, -0.05) is 24.4 Å². The molecule has 0 saturated carbocycles. The van der Waals surface area contributed by atoms with E-state index in [1.807, 2.05) is 31.2 Å². The number of nitrogens with zero attached hydrogens (tertiary/aromatic N) is 2. The summed E-state index contributed by atoms with van der Waals surface area (Å²) in [5.74, 6) is 0.744. The Kier molecular flexibility index (Phi) is 4.95. The van der Waals surface area contributed by atoms with Gasteiger partial charge in [0.15, 0.2) is 5.17 Å². The maximum Gasteiger partial charge on any atom is 0.239 e. The number of thioether (sulfide) groups is 1. The lowest BCUT2D eigenvalue weighted by atomic mass is 10.2. The highest BCUT2D eigenvalue weighted by Gasteiger charge is 2.25. The van der Waals surface area contributed by atoms with E-state index in [1.165, 1.54) is 11.8 Å². The van der Waals surface area contributed by atoms with Crippen molar-refractivity contribution in [2.24, 2.45) is 10.2 Å². The summed E-state index contributed by atoms with van der Waals surface area (Å²) in [5.41, 5.74) is 0.905. The molecule has 0 radical (unpaired) electrons. The molecule has 2 rings (SSSR count). The lowest BCUT2D eigenvalue weighted by Gasteiger charge is -2.02. The minimum Gasteiger partial charge on any atom is -0.490 e. The van der Waals surface area contributed by atoms with Crippen LogP contribution in [0.15, 0.2) is 47.1 Å². The van der Waals surface area contributed by atoms with Crippen LogP contribution in [0.4, 0.5) is 0 Å². The van der Waals surface area contributed by atoms with E-state index in [4.69, 9.17) is 4.74 Å². The third kappa shape index (κ3) is 3.96. The molecule has 1 aliphatic heterocycles. The molecule has 1 saturated heterocycles. The summed E-state index contributed by atoms with van der Waals surface area (Å²) < 4.78 is 5.38. The molecule has 1 unspecified atom stereocenters. The molecule has 1 aliphatic rings. The highest BCUT2D eigenvalue weighted by Crippen LogP contribution is 2.18. The molecule has 1 fully saturated rings. The maximum absolute atomic E-state index is 11.3. The van der Waals surface area contributed by atoms with Crippen molar-refractivity contribution in [3.05, 3.63) is 42.5 Å². The second-order valence-electron chi connectivity index (χ2n) is 4.07. The van der Waals surface area contributed by atoms with Crippen LogP contribution >= 0.6 is 11.8 Å². The molecule has 1 atom stereocenters. The number of nitrogens with one attached hydrogen (secondary N) is 1. The average Bonchev–Trinajstić information content (AvgIpc) is 2.77. The van der Waals surface area contributed by atoms with Crippen molar-refractivity contribution in [2.75, 3.05) is 6.61 Å². The number of amidine groups is 1. The summed E-state index contributed by atoms with van der Waals surface area (Å²) >= 11 is 1.37. The number of benzene rings is 1. The fraction of sp³-hybridized carbons (Fsp3) is 0.214. The molecule has 1 amide bonds. The zero-order chi connectivity index (χ0) is 14.4. The molecule has 0 aliphatic carbocycles. The van der Waals surface area contributed by atoms with Gasteiger partial charge in [-0.25, -0.2) is 0 Å². The third-order valence-corrected chi connectivity index (χ3v) is 3.47. The van der Waals surface area contributed by atoms with E-state index >= 15 is 0 Å². The largest absolute Gasteiger partial charge is 0.490 e. The van der Waals surface area contributed by atoms with Crippen LogP contribution < -0.4 is 10.1 Å². The normalized spacial score (nSPS) is 20.4. The standard InChI is InChI=1S/C14H15N3O2S/c1-3-8-19-12-6-4-11(5-7-12)9-15-17-14-16-13(18)10(2)20-14/h3-7,9-10H,1,8H2,2H3,(H,16,17,18). The monoisotopic (exact) mass is 289 g/mol. The fourth-order valence-electron chi connectivity index (χ4n) is 1.46. The Bertz CT molecular complexity index is 552. The van der Waals surface area contributed by atoms with E-state index < -0.39 is 0 Å². The number of hydrogen-bond acceptors (Lipinski definition) is 5. The maximum atomic E-state index is 11.3. The summed E-state index contributed by atoms with van der Waals surface area (Å²) in [5, 5.41) is 11.0. The van der Waals surface area contributed by atoms with Gasteiger partial charge < -0.3 is 10.1 Å². The van der Waals surface area contributed by atoms with E-state index in [0.29, 0.717) is 11.8 Å². The van der Waals surface area contributed by atoms with Crippen molar-refractivity contribution in [3.63, 3.8) is 0 Å². The van der Waals surface area contributed by atoms with Crippen molar-refractivity contribution in [2.45, 2.75) is 12.2 Å². The summed E-state index contributed by atoms with van der Waals surface area (Å²) in [7, 11) is 0. The van der Waals surface area contributed by atoms with Gasteiger partial charge in [-0.2, -0.15) is 5.10 Å². The number of carbonyl (C=O) groups excluding carboxylic acids is 1. The Morgan fingerprint density at radius 3 is 2.80 bits per heavy atom. The first kappa shape index (κ1) is 14.3. The van der Waals surface area contributed by atoms with Crippen LogP contribution in [-0.2, 0) is 4.79 Å². The van der Waals surface area contributed by atoms with Gasteiger partial charge in [0.2, 0.25) is 5.91 Å². The molecule has 104 valence electrons. The highest BCUT2D eigenvalue weighted by atomic mass is 32.2. The molecule has 20 heavy (non-hydrogen) atoms. The molecule has 1 heterocycles. The minimum absolute atomic E-state index is 0.0346. The van der Waals surface area contributed by atoms with E-state index in [-0.39, 0.29) is 11.2 Å². The molecular formula is C14H15N3O2S. The number of ether oxygens (including phenoxy) is 1. The van der Waals surface area contributed by atoms with Crippen molar-refractivity contribution in [1.82, 2.24) is 5.32 Å². The number of amides is 1. The Hall–Kier alpha value is -2.08. The predicted octanol–water partition coefficient (Wildman–Crippen LogP) is 2.19. The van der Waals surface area contributed by atoms with Gasteiger partial charge in [0.25, 0.3) is 0 Å². The second kappa shape index (κ2) is 6.91. The van der Waals surface area contributed by atoms with Crippen LogP contribution in [0.25, 0.3) is 0 Å². The molecule has 0 bridgehead atoms. The zero-order valence-electron chi connectivity index (χ0n) is 11.1. The molecular weight excluding hydrogens is 274 g/mol. The smallest absolute Gasteiger partial charge is 0.239 e. The lowest BCUT2D eigenvalue weighted by Crippen LogP contribution is -2.23. The van der Waals surface area contributed by atoms with E-state index in [9.17, 15) is 4.79 Å². The Labute approximate surface area is 121 Å². The van der Waals surface area contributed by atoms with Crippen LogP contribution in [0.5, 0.6) is 5.75 Å². The molecule has 1 aromatic rings. The van der Waals surface area contributed by atoms with Crippen LogP contribution in [-0.4, -0.2) is 29.1 Å². The van der Waals surface area contributed by atoms with Crippen molar-refractivity contribution in [1.29, 1.82) is 0 Å². The summed E-state index contributed by atoms with van der Waals surface area (Å²) in [6.45, 7) is 5.90. The van der Waals surface area contributed by atoms with Crippen LogP contribution in [0, 0.1) is 0 Å². The third-order valence-electron chi connectivity index (χ3n) is 2.49. The quantitative estimate of drug-likeness (QED) is 0.513. The number of rotatable bonds is 5. The Balaban J connectivity index is 1.93. The van der Waals surface area contributed by atoms with Gasteiger partial charge >= 0.3 is 0 Å². The number of carbonyl (C=O) groups is 1. The molecule has 5 nitrogen and oxygen atoms in total. The van der Waals surface area contributed by atoms with Crippen molar-refractivity contribution < 1.29 is 9.53 Å². The minimum atomic E-state index is -0.106. The number of hydrogen-bond donors (Lipinski definition) is 1. The summed E-state index contributed by atoms with van der Waals surface area (Å²) in [6.07, 6.45) is 3.32. The molecule has 0 aromatic heterocycles. The van der Waals surface area contributed by atoms with E-state index in [1.54, 1.807) is 12.3 Å². The van der Waals surface area contributed by atoms with E-state index in [2.05, 4.69) is 22.1 Å². The van der Waals surface area contributed by atoms with Crippen LogP contribution in [0.2, 0.25) is 0 Å². The van der Waals surface area contributed by atoms with Gasteiger partial charge in [-0.15, -0.1) is 5.10 Å². The topological polar surface area (TPSA) is 63.1 Å². The molecule has 1 N–H and O–H groups in total. The lowest BCUT2D eigenvalue weighted by molar-refractivity contribution is -0.118. The predicted molar refractivity (Wildman–Crippen MR) is 82.4 cm³/mol. The Morgan fingerprint density at radius 2 is 2.20 bits per heavy atom. The fourth-order valence-corrected chi connectivity index (χ4v) is 2.21. The first-order valence-corrected chi connectivity index (χ1v) is 6.99. The summed E-state index contributed by atoms with van der Waals surface area (Å²) in [6, 6.07) is 7.47. The highest BCUT2D eigenvalue weighted by molar-refractivity contribution is 8.15. The van der Waals surface area contributed by atoms with E-state index in [0.717, 1.165) is 11.3 Å².